The first-order valence-electron chi connectivity index (χ1n) is 4.08. The van der Waals surface area contributed by atoms with Crippen LogP contribution in [-0.2, 0) is 6.18 Å². The normalized spacial score (nSPS) is 11.8. The number of hydrogen-bond acceptors (Lipinski definition) is 3. The first kappa shape index (κ1) is 10.5. The Balaban J connectivity index is 2.39. The van der Waals surface area contributed by atoms with Crippen LogP contribution >= 0.6 is 0 Å². The number of aromatic amines is 1. The van der Waals surface area contributed by atoms with Gasteiger partial charge in [-0.1, -0.05) is 0 Å². The molecule has 0 aliphatic rings. The summed E-state index contributed by atoms with van der Waals surface area (Å²) >= 11 is 0. The molecule has 4 nitrogen and oxygen atoms in total. The summed E-state index contributed by atoms with van der Waals surface area (Å²) in [5.74, 6) is -2.16. The zero-order chi connectivity index (χ0) is 11.8. The minimum Gasteiger partial charge on any atom is -0.255 e. The van der Waals surface area contributed by atoms with E-state index in [1.54, 1.807) is 5.10 Å². The summed E-state index contributed by atoms with van der Waals surface area (Å²) in [7, 11) is 0. The number of H-pyrrole nitrogens is 1. The molecule has 2 rings (SSSR count). The van der Waals surface area contributed by atoms with Crippen LogP contribution in [0.2, 0.25) is 0 Å². The van der Waals surface area contributed by atoms with Gasteiger partial charge >= 0.3 is 6.18 Å². The van der Waals surface area contributed by atoms with E-state index in [0.29, 0.717) is 0 Å². The smallest absolute Gasteiger partial charge is 0.255 e. The van der Waals surface area contributed by atoms with Crippen molar-refractivity contribution in [1.82, 2.24) is 20.2 Å². The van der Waals surface area contributed by atoms with Crippen molar-refractivity contribution in [2.75, 3.05) is 0 Å². The van der Waals surface area contributed by atoms with Crippen LogP contribution < -0.4 is 0 Å². The third-order valence-corrected chi connectivity index (χ3v) is 1.71. The number of aromatic nitrogens is 4. The Kier molecular flexibility index (Phi) is 2.33. The van der Waals surface area contributed by atoms with Crippen molar-refractivity contribution in [2.45, 2.75) is 6.18 Å². The van der Waals surface area contributed by atoms with E-state index in [4.69, 9.17) is 0 Å². The quantitative estimate of drug-likeness (QED) is 0.765. The number of hydrogen-bond donors (Lipinski definition) is 1. The number of halogens is 4. The highest BCUT2D eigenvalue weighted by atomic mass is 19.4. The first-order chi connectivity index (χ1) is 7.47. The number of alkyl halides is 3. The van der Waals surface area contributed by atoms with Gasteiger partial charge in [-0.05, 0) is 6.07 Å². The Morgan fingerprint density at radius 3 is 2.56 bits per heavy atom. The van der Waals surface area contributed by atoms with E-state index < -0.39 is 17.8 Å². The molecule has 0 atom stereocenters. The fourth-order valence-electron chi connectivity index (χ4n) is 1.03. The molecule has 0 bridgehead atoms. The molecule has 0 radical (unpaired) electrons. The fraction of sp³-hybridized carbons (Fsp3) is 0.125. The van der Waals surface area contributed by atoms with Crippen molar-refractivity contribution in [3.63, 3.8) is 0 Å². The van der Waals surface area contributed by atoms with Gasteiger partial charge in [-0.15, -0.1) is 0 Å². The molecule has 0 aromatic carbocycles. The highest BCUT2D eigenvalue weighted by Crippen LogP contribution is 2.27. The SMILES string of the molecule is Fc1ccnc(-c2n[nH]c(C(F)(F)F)n2)c1. The van der Waals surface area contributed by atoms with Crippen LogP contribution in [-0.4, -0.2) is 20.2 Å². The summed E-state index contributed by atoms with van der Waals surface area (Å²) in [6.45, 7) is 0. The molecule has 1 N–H and O–H groups in total. The second-order valence-electron chi connectivity index (χ2n) is 2.86. The number of nitrogens with one attached hydrogen (secondary N) is 1. The lowest BCUT2D eigenvalue weighted by molar-refractivity contribution is -0.144. The lowest BCUT2D eigenvalue weighted by Gasteiger charge is -1.98. The lowest BCUT2D eigenvalue weighted by atomic mass is 10.3. The molecule has 2 heterocycles. The minimum atomic E-state index is -4.61. The highest BCUT2D eigenvalue weighted by molar-refractivity contribution is 5.47. The average Bonchev–Trinajstić information content (AvgIpc) is 2.65. The summed E-state index contributed by atoms with van der Waals surface area (Å²) in [4.78, 5) is 6.82. The Morgan fingerprint density at radius 1 is 1.25 bits per heavy atom. The Hall–Kier alpha value is -1.99. The van der Waals surface area contributed by atoms with E-state index in [-0.39, 0.29) is 11.5 Å². The molecule has 0 amide bonds. The van der Waals surface area contributed by atoms with Crippen molar-refractivity contribution < 1.29 is 17.6 Å². The van der Waals surface area contributed by atoms with E-state index >= 15 is 0 Å². The summed E-state index contributed by atoms with van der Waals surface area (Å²) in [5.41, 5.74) is -0.0632. The van der Waals surface area contributed by atoms with Gasteiger partial charge in [0.1, 0.15) is 11.5 Å². The highest BCUT2D eigenvalue weighted by Gasteiger charge is 2.35. The van der Waals surface area contributed by atoms with Gasteiger partial charge in [0.25, 0.3) is 0 Å². The van der Waals surface area contributed by atoms with Gasteiger partial charge in [0.2, 0.25) is 5.82 Å². The van der Waals surface area contributed by atoms with Crippen LogP contribution in [0.15, 0.2) is 18.3 Å². The Labute approximate surface area is 86.4 Å². The van der Waals surface area contributed by atoms with Gasteiger partial charge < -0.3 is 0 Å². The molecule has 0 saturated heterocycles. The van der Waals surface area contributed by atoms with Crippen molar-refractivity contribution in [3.05, 3.63) is 30.0 Å². The number of pyridine rings is 1. The molecule has 0 fully saturated rings. The maximum Gasteiger partial charge on any atom is 0.451 e. The van der Waals surface area contributed by atoms with Crippen LogP contribution in [0.4, 0.5) is 17.6 Å². The molecule has 8 heteroatoms. The fourth-order valence-corrected chi connectivity index (χ4v) is 1.03. The second-order valence-corrected chi connectivity index (χ2v) is 2.86. The monoisotopic (exact) mass is 232 g/mol. The van der Waals surface area contributed by atoms with E-state index in [1.165, 1.54) is 0 Å². The van der Waals surface area contributed by atoms with E-state index in [0.717, 1.165) is 18.3 Å². The number of rotatable bonds is 1. The maximum atomic E-state index is 12.8. The lowest BCUT2D eigenvalue weighted by Crippen LogP contribution is -2.07. The summed E-state index contributed by atoms with van der Waals surface area (Å²) < 4.78 is 49.3. The molecule has 84 valence electrons. The largest absolute Gasteiger partial charge is 0.451 e. The first-order valence-corrected chi connectivity index (χ1v) is 4.08. The van der Waals surface area contributed by atoms with Crippen molar-refractivity contribution in [1.29, 1.82) is 0 Å². The van der Waals surface area contributed by atoms with Gasteiger partial charge in [0.05, 0.1) is 0 Å². The Bertz CT molecular complexity index is 505. The van der Waals surface area contributed by atoms with E-state index in [1.807, 2.05) is 0 Å². The molecular weight excluding hydrogens is 228 g/mol. The maximum absolute atomic E-state index is 12.8. The van der Waals surface area contributed by atoms with Crippen molar-refractivity contribution in [3.8, 4) is 11.5 Å². The molecule has 0 unspecified atom stereocenters. The van der Waals surface area contributed by atoms with Gasteiger partial charge in [-0.3, -0.25) is 10.1 Å². The van der Waals surface area contributed by atoms with Crippen LogP contribution in [0.3, 0.4) is 0 Å². The predicted octanol–water partition coefficient (Wildman–Crippen LogP) is 2.02. The van der Waals surface area contributed by atoms with Crippen LogP contribution in [0.5, 0.6) is 0 Å². The van der Waals surface area contributed by atoms with E-state index in [9.17, 15) is 17.6 Å². The molecular formula is C8H4F4N4. The Morgan fingerprint density at radius 2 is 2.00 bits per heavy atom. The van der Waals surface area contributed by atoms with Gasteiger partial charge in [-0.2, -0.15) is 18.3 Å². The van der Waals surface area contributed by atoms with Crippen LogP contribution in [0, 0.1) is 5.82 Å². The molecule has 0 saturated carbocycles. The van der Waals surface area contributed by atoms with Crippen LogP contribution in [0.25, 0.3) is 11.5 Å². The second kappa shape index (κ2) is 3.54. The zero-order valence-corrected chi connectivity index (χ0v) is 7.59. The summed E-state index contributed by atoms with van der Waals surface area (Å²) in [5, 5.41) is 5.02. The molecule has 2 aromatic heterocycles. The third-order valence-electron chi connectivity index (χ3n) is 1.71. The third kappa shape index (κ3) is 2.00. The molecule has 2 aromatic rings. The van der Waals surface area contributed by atoms with Crippen molar-refractivity contribution >= 4 is 0 Å². The van der Waals surface area contributed by atoms with Gasteiger partial charge in [0.15, 0.2) is 5.82 Å². The molecule has 0 spiro atoms. The van der Waals surface area contributed by atoms with Gasteiger partial charge in [-0.25, -0.2) is 9.37 Å². The molecule has 16 heavy (non-hydrogen) atoms. The van der Waals surface area contributed by atoms with E-state index in [2.05, 4.69) is 15.1 Å². The standard InChI is InChI=1S/C8H4F4N4/c9-4-1-2-13-5(3-4)6-14-7(16-15-6)8(10,11)12/h1-3H,(H,14,15,16). The predicted molar refractivity (Wildman–Crippen MR) is 44.6 cm³/mol. The zero-order valence-electron chi connectivity index (χ0n) is 7.59. The van der Waals surface area contributed by atoms with Crippen LogP contribution in [0.1, 0.15) is 5.82 Å². The molecule has 0 aliphatic carbocycles. The number of nitrogens with zero attached hydrogens (tertiary/aromatic N) is 3. The molecule has 0 aliphatic heterocycles. The summed E-state index contributed by atoms with van der Waals surface area (Å²) in [6.07, 6.45) is -3.49. The minimum absolute atomic E-state index is 0.0632. The topological polar surface area (TPSA) is 54.5 Å². The average molecular weight is 232 g/mol. The van der Waals surface area contributed by atoms with Crippen molar-refractivity contribution in [2.24, 2.45) is 0 Å². The van der Waals surface area contributed by atoms with Gasteiger partial charge in [0, 0.05) is 12.3 Å². The summed E-state index contributed by atoms with van der Waals surface area (Å²) in [6, 6.07) is 2.02.